The highest BCUT2D eigenvalue weighted by Crippen LogP contribution is 2.22. The van der Waals surface area contributed by atoms with Crippen molar-refractivity contribution >= 4 is 17.2 Å². The lowest BCUT2D eigenvalue weighted by atomic mass is 10.1. The Kier molecular flexibility index (Phi) is 7.36. The van der Waals surface area contributed by atoms with Crippen LogP contribution in [0.3, 0.4) is 0 Å². The first-order chi connectivity index (χ1) is 14.0. The molecular weight excluding hydrogens is 387 g/mol. The first-order valence-electron chi connectivity index (χ1n) is 9.67. The van der Waals surface area contributed by atoms with Gasteiger partial charge in [0.25, 0.3) is 5.91 Å². The molecule has 3 aromatic rings. The van der Waals surface area contributed by atoms with Gasteiger partial charge in [-0.3, -0.25) is 4.79 Å². The summed E-state index contributed by atoms with van der Waals surface area (Å²) in [5.74, 6) is 0.262. The number of amides is 1. The Hall–Kier alpha value is -2.73. The van der Waals surface area contributed by atoms with Gasteiger partial charge in [0.15, 0.2) is 0 Å². The van der Waals surface area contributed by atoms with Gasteiger partial charge >= 0.3 is 0 Å². The maximum atomic E-state index is 13.0. The molecule has 3 rings (SSSR count). The third-order valence-corrected chi connectivity index (χ3v) is 5.73. The fourth-order valence-corrected chi connectivity index (χ4v) is 3.96. The average molecular weight is 413 g/mol. The molecule has 0 bridgehead atoms. The van der Waals surface area contributed by atoms with Gasteiger partial charge in [-0.05, 0) is 56.0 Å². The summed E-state index contributed by atoms with van der Waals surface area (Å²) in [6, 6.07) is 16.2. The van der Waals surface area contributed by atoms with Crippen LogP contribution in [0.15, 0.2) is 54.6 Å². The number of thiazole rings is 1. The number of unbranched alkanes of at least 4 members (excludes halogenated alkanes) is 1. The third-order valence-electron chi connectivity index (χ3n) is 4.61. The molecule has 0 saturated heterocycles. The molecule has 29 heavy (non-hydrogen) atoms. The zero-order valence-corrected chi connectivity index (χ0v) is 17.5. The van der Waals surface area contributed by atoms with Gasteiger partial charge in [-0.2, -0.15) is 0 Å². The maximum absolute atomic E-state index is 13.0. The van der Waals surface area contributed by atoms with Crippen LogP contribution in [0.4, 0.5) is 4.39 Å². The summed E-state index contributed by atoms with van der Waals surface area (Å²) in [4.78, 5) is 19.6. The summed E-state index contributed by atoms with van der Waals surface area (Å²) in [7, 11) is 1.83. The largest absolute Gasteiger partial charge is 0.486 e. The van der Waals surface area contributed by atoms with E-state index in [1.54, 1.807) is 17.0 Å². The molecule has 0 aliphatic rings. The van der Waals surface area contributed by atoms with E-state index in [4.69, 9.17) is 4.74 Å². The van der Waals surface area contributed by atoms with Crippen molar-refractivity contribution in [1.29, 1.82) is 0 Å². The maximum Gasteiger partial charge on any atom is 0.265 e. The molecule has 0 radical (unpaired) electrons. The molecule has 0 unspecified atom stereocenters. The molecule has 0 fully saturated rings. The molecule has 6 heteroatoms. The fourth-order valence-electron chi connectivity index (χ4n) is 2.99. The van der Waals surface area contributed by atoms with Crippen LogP contribution in [-0.2, 0) is 13.0 Å². The number of benzene rings is 2. The molecule has 4 nitrogen and oxygen atoms in total. The Labute approximate surface area is 175 Å². The van der Waals surface area contributed by atoms with Gasteiger partial charge in [0.2, 0.25) is 0 Å². The van der Waals surface area contributed by atoms with Crippen molar-refractivity contribution in [2.75, 3.05) is 13.6 Å². The van der Waals surface area contributed by atoms with Crippen LogP contribution < -0.4 is 4.74 Å². The third kappa shape index (κ3) is 6.12. The van der Waals surface area contributed by atoms with E-state index < -0.39 is 0 Å². The van der Waals surface area contributed by atoms with Crippen LogP contribution in [0.5, 0.6) is 5.75 Å². The predicted molar refractivity (Wildman–Crippen MR) is 114 cm³/mol. The topological polar surface area (TPSA) is 42.4 Å². The second-order valence-corrected chi connectivity index (χ2v) is 8.02. The number of carbonyl (C=O) groups excluding carboxylic acids is 1. The molecule has 1 heterocycles. The van der Waals surface area contributed by atoms with Crippen LogP contribution in [-0.4, -0.2) is 29.4 Å². The lowest BCUT2D eigenvalue weighted by molar-refractivity contribution is 0.0796. The van der Waals surface area contributed by atoms with E-state index in [9.17, 15) is 9.18 Å². The zero-order chi connectivity index (χ0) is 20.6. The van der Waals surface area contributed by atoms with Crippen molar-refractivity contribution in [2.45, 2.75) is 32.8 Å². The number of carbonyl (C=O) groups is 1. The van der Waals surface area contributed by atoms with Crippen LogP contribution in [0.1, 0.15) is 38.8 Å². The quantitative estimate of drug-likeness (QED) is 0.450. The molecule has 0 aliphatic heterocycles. The minimum Gasteiger partial charge on any atom is -0.486 e. The normalized spacial score (nSPS) is 10.7. The van der Waals surface area contributed by atoms with E-state index in [0.29, 0.717) is 22.9 Å². The van der Waals surface area contributed by atoms with E-state index in [0.717, 1.165) is 24.3 Å². The van der Waals surface area contributed by atoms with Crippen molar-refractivity contribution in [3.05, 3.63) is 81.6 Å². The summed E-state index contributed by atoms with van der Waals surface area (Å²) in [6.45, 7) is 2.81. The summed E-state index contributed by atoms with van der Waals surface area (Å²) in [5.41, 5.74) is 2.04. The van der Waals surface area contributed by atoms with Crippen molar-refractivity contribution in [3.8, 4) is 5.75 Å². The number of aryl methyl sites for hydroxylation is 2. The fraction of sp³-hybridized carbons (Fsp3) is 0.304. The van der Waals surface area contributed by atoms with Gasteiger partial charge in [-0.15, -0.1) is 11.3 Å². The summed E-state index contributed by atoms with van der Waals surface area (Å²) in [6.07, 6.45) is 3.02. The van der Waals surface area contributed by atoms with Gasteiger partial charge in [0.1, 0.15) is 28.1 Å². The summed E-state index contributed by atoms with van der Waals surface area (Å²) in [5, 5.41) is 0.729. The highest BCUT2D eigenvalue weighted by Gasteiger charge is 2.19. The molecule has 0 aliphatic carbocycles. The Bertz CT molecular complexity index is 926. The number of rotatable bonds is 9. The Balaban J connectivity index is 1.48. The number of ether oxygens (including phenoxy) is 1. The van der Waals surface area contributed by atoms with Crippen molar-refractivity contribution in [3.63, 3.8) is 0 Å². The minimum atomic E-state index is -0.304. The van der Waals surface area contributed by atoms with Crippen molar-refractivity contribution < 1.29 is 13.9 Å². The van der Waals surface area contributed by atoms with Gasteiger partial charge < -0.3 is 9.64 Å². The molecule has 0 N–H and O–H groups in total. The Morgan fingerprint density at radius 1 is 1.10 bits per heavy atom. The van der Waals surface area contributed by atoms with Crippen LogP contribution in [0.25, 0.3) is 0 Å². The zero-order valence-electron chi connectivity index (χ0n) is 16.7. The molecule has 1 amide bonds. The van der Waals surface area contributed by atoms with Crippen molar-refractivity contribution in [2.24, 2.45) is 0 Å². The lowest BCUT2D eigenvalue weighted by Crippen LogP contribution is -2.27. The molecule has 0 atom stereocenters. The number of nitrogens with zero attached hydrogens (tertiary/aromatic N) is 2. The molecule has 152 valence electrons. The minimum absolute atomic E-state index is 0.00672. The monoisotopic (exact) mass is 412 g/mol. The molecule has 0 saturated carbocycles. The van der Waals surface area contributed by atoms with E-state index in [-0.39, 0.29) is 18.3 Å². The lowest BCUT2D eigenvalue weighted by Gasteiger charge is -2.16. The summed E-state index contributed by atoms with van der Waals surface area (Å²) < 4.78 is 18.6. The Morgan fingerprint density at radius 2 is 1.83 bits per heavy atom. The highest BCUT2D eigenvalue weighted by atomic mass is 32.1. The molecule has 2 aromatic carbocycles. The number of hydrogen-bond acceptors (Lipinski definition) is 4. The van der Waals surface area contributed by atoms with Gasteiger partial charge in [0.05, 0.1) is 5.69 Å². The van der Waals surface area contributed by atoms with Gasteiger partial charge in [0, 0.05) is 13.6 Å². The highest BCUT2D eigenvalue weighted by molar-refractivity contribution is 7.13. The number of hydrogen-bond donors (Lipinski definition) is 0. The first kappa shape index (κ1) is 21.0. The predicted octanol–water partition coefficient (Wildman–Crippen LogP) is 5.26. The molecule has 0 spiro atoms. The van der Waals surface area contributed by atoms with Crippen LogP contribution in [0.2, 0.25) is 0 Å². The van der Waals surface area contributed by atoms with Crippen LogP contribution in [0, 0.1) is 12.7 Å². The second-order valence-electron chi connectivity index (χ2n) is 6.93. The molecular formula is C23H25FN2O2S. The molecule has 1 aromatic heterocycles. The number of halogens is 1. The van der Waals surface area contributed by atoms with E-state index in [1.165, 1.54) is 29.0 Å². The van der Waals surface area contributed by atoms with Crippen molar-refractivity contribution in [1.82, 2.24) is 9.88 Å². The SMILES string of the molecule is Cc1nc(COc2ccc(F)cc2)sc1C(=O)N(C)CCCCc1ccccc1. The van der Waals surface area contributed by atoms with E-state index >= 15 is 0 Å². The standard InChI is InChI=1S/C23H25FN2O2S/c1-17-22(29-21(25-17)16-28-20-13-11-19(24)12-14-20)23(27)26(2)15-7-6-10-18-8-4-3-5-9-18/h3-5,8-9,11-14H,6-7,10,15-16H2,1-2H3. The van der Waals surface area contributed by atoms with Crippen LogP contribution >= 0.6 is 11.3 Å². The van der Waals surface area contributed by atoms with E-state index in [2.05, 4.69) is 29.2 Å². The van der Waals surface area contributed by atoms with E-state index in [1.807, 2.05) is 20.0 Å². The number of aromatic nitrogens is 1. The summed E-state index contributed by atoms with van der Waals surface area (Å²) >= 11 is 1.35. The first-order valence-corrected chi connectivity index (χ1v) is 10.5. The average Bonchev–Trinajstić information content (AvgIpc) is 3.11. The van der Waals surface area contributed by atoms with Gasteiger partial charge in [-0.1, -0.05) is 30.3 Å². The second kappa shape index (κ2) is 10.2. The smallest absolute Gasteiger partial charge is 0.265 e. The van der Waals surface area contributed by atoms with Gasteiger partial charge in [-0.25, -0.2) is 9.37 Å². The Morgan fingerprint density at radius 3 is 2.55 bits per heavy atom.